The molecule has 2 fully saturated rings. The molecule has 2 saturated heterocycles. The zero-order chi connectivity index (χ0) is 20.1. The zero-order valence-corrected chi connectivity index (χ0v) is 16.9. The summed E-state index contributed by atoms with van der Waals surface area (Å²) < 4.78 is 13.1. The van der Waals surface area contributed by atoms with E-state index in [0.717, 1.165) is 43.9 Å². The van der Waals surface area contributed by atoms with E-state index in [1.807, 2.05) is 24.3 Å². The molecule has 29 heavy (non-hydrogen) atoms. The first-order valence-corrected chi connectivity index (χ1v) is 10.8. The third-order valence-corrected chi connectivity index (χ3v) is 6.10. The van der Waals surface area contributed by atoms with Crippen LogP contribution >= 0.6 is 0 Å². The smallest absolute Gasteiger partial charge is 0.238 e. The van der Waals surface area contributed by atoms with Gasteiger partial charge in [-0.25, -0.2) is 4.39 Å². The van der Waals surface area contributed by atoms with Gasteiger partial charge in [-0.15, -0.1) is 0 Å². The van der Waals surface area contributed by atoms with E-state index in [-0.39, 0.29) is 11.7 Å². The molecular weight excluding hydrogens is 365 g/mol. The fourth-order valence-corrected chi connectivity index (χ4v) is 4.47. The minimum Gasteiger partial charge on any atom is -0.372 e. The van der Waals surface area contributed by atoms with Crippen molar-refractivity contribution in [3.63, 3.8) is 0 Å². The van der Waals surface area contributed by atoms with Gasteiger partial charge in [0, 0.05) is 31.0 Å². The van der Waals surface area contributed by atoms with Crippen molar-refractivity contribution in [1.29, 1.82) is 0 Å². The monoisotopic (exact) mass is 395 g/mol. The molecular formula is C24H30FN3O. The number of nitrogens with zero attached hydrogens (tertiary/aromatic N) is 2. The first-order valence-electron chi connectivity index (χ1n) is 10.8. The van der Waals surface area contributed by atoms with E-state index in [4.69, 9.17) is 0 Å². The average Bonchev–Trinajstić information content (AvgIpc) is 3.01. The molecule has 1 unspecified atom stereocenters. The van der Waals surface area contributed by atoms with Gasteiger partial charge in [0.05, 0.1) is 6.54 Å². The second-order valence-corrected chi connectivity index (χ2v) is 8.27. The maximum absolute atomic E-state index is 13.1. The highest BCUT2D eigenvalue weighted by molar-refractivity contribution is 5.92. The molecule has 154 valence electrons. The molecule has 1 atom stereocenters. The molecule has 0 saturated carbocycles. The Hall–Kier alpha value is -2.40. The van der Waals surface area contributed by atoms with Crippen molar-refractivity contribution in [3.8, 4) is 0 Å². The number of carbonyl (C=O) groups excluding carboxylic acids is 1. The number of benzene rings is 2. The summed E-state index contributed by atoms with van der Waals surface area (Å²) in [5.41, 5.74) is 3.24. The largest absolute Gasteiger partial charge is 0.372 e. The highest BCUT2D eigenvalue weighted by Gasteiger charge is 2.25. The van der Waals surface area contributed by atoms with E-state index in [1.54, 1.807) is 0 Å². The van der Waals surface area contributed by atoms with Gasteiger partial charge in [0.2, 0.25) is 5.91 Å². The Morgan fingerprint density at radius 2 is 1.62 bits per heavy atom. The van der Waals surface area contributed by atoms with Gasteiger partial charge in [-0.1, -0.05) is 25.0 Å². The number of rotatable bonds is 5. The number of amides is 1. The van der Waals surface area contributed by atoms with Crippen molar-refractivity contribution in [2.45, 2.75) is 38.0 Å². The second kappa shape index (κ2) is 9.40. The molecule has 2 aromatic rings. The molecule has 1 N–H and O–H groups in total. The summed E-state index contributed by atoms with van der Waals surface area (Å²) in [7, 11) is 0. The van der Waals surface area contributed by atoms with E-state index in [2.05, 4.69) is 27.2 Å². The van der Waals surface area contributed by atoms with Crippen molar-refractivity contribution >= 4 is 17.3 Å². The quantitative estimate of drug-likeness (QED) is 0.801. The zero-order valence-electron chi connectivity index (χ0n) is 16.9. The van der Waals surface area contributed by atoms with Crippen molar-refractivity contribution in [3.05, 3.63) is 59.9 Å². The fraction of sp³-hybridized carbons (Fsp3) is 0.458. The molecule has 1 amide bonds. The number of carbonyl (C=O) groups is 1. The Bertz CT molecular complexity index is 798. The van der Waals surface area contributed by atoms with Crippen molar-refractivity contribution < 1.29 is 9.18 Å². The van der Waals surface area contributed by atoms with E-state index in [9.17, 15) is 9.18 Å². The van der Waals surface area contributed by atoms with Gasteiger partial charge >= 0.3 is 0 Å². The van der Waals surface area contributed by atoms with Gasteiger partial charge in [0.15, 0.2) is 0 Å². The Morgan fingerprint density at radius 3 is 2.31 bits per heavy atom. The lowest BCUT2D eigenvalue weighted by atomic mass is 9.99. The van der Waals surface area contributed by atoms with Crippen molar-refractivity contribution in [1.82, 2.24) is 4.90 Å². The standard InChI is InChI=1S/C24H30FN3O/c25-21-7-5-19(6-8-21)20-13-16-27(17-20)18-24(29)26-22-9-11-23(12-10-22)28-14-3-1-2-4-15-28/h5-12,20H,1-4,13-18H2,(H,26,29). The maximum Gasteiger partial charge on any atom is 0.238 e. The number of hydrogen-bond donors (Lipinski definition) is 1. The lowest BCUT2D eigenvalue weighted by molar-refractivity contribution is -0.117. The molecule has 2 aliphatic heterocycles. The maximum atomic E-state index is 13.1. The normalized spacial score (nSPS) is 20.4. The molecule has 0 radical (unpaired) electrons. The highest BCUT2D eigenvalue weighted by atomic mass is 19.1. The lowest BCUT2D eigenvalue weighted by Crippen LogP contribution is -2.31. The summed E-state index contributed by atoms with van der Waals surface area (Å²) in [5.74, 6) is 0.188. The van der Waals surface area contributed by atoms with Crippen LogP contribution in [0.25, 0.3) is 0 Å². The minimum atomic E-state index is -0.204. The SMILES string of the molecule is O=C(CN1CCC(c2ccc(F)cc2)C1)Nc1ccc(N2CCCCCC2)cc1. The van der Waals surface area contributed by atoms with Gasteiger partial charge in [-0.05, 0) is 73.7 Å². The topological polar surface area (TPSA) is 35.6 Å². The highest BCUT2D eigenvalue weighted by Crippen LogP contribution is 2.27. The van der Waals surface area contributed by atoms with E-state index in [0.29, 0.717) is 12.5 Å². The molecule has 2 aliphatic rings. The van der Waals surface area contributed by atoms with Crippen LogP contribution in [-0.2, 0) is 4.79 Å². The molecule has 5 heteroatoms. The van der Waals surface area contributed by atoms with E-state index in [1.165, 1.54) is 43.5 Å². The van der Waals surface area contributed by atoms with Gasteiger partial charge < -0.3 is 10.2 Å². The van der Waals surface area contributed by atoms with Crippen LogP contribution in [0.15, 0.2) is 48.5 Å². The van der Waals surface area contributed by atoms with E-state index < -0.39 is 0 Å². The first-order chi connectivity index (χ1) is 14.2. The van der Waals surface area contributed by atoms with Crippen LogP contribution in [0.5, 0.6) is 0 Å². The van der Waals surface area contributed by atoms with Crippen LogP contribution in [0, 0.1) is 5.82 Å². The number of hydrogen-bond acceptors (Lipinski definition) is 3. The van der Waals surface area contributed by atoms with Gasteiger partial charge in [0.25, 0.3) is 0 Å². The molecule has 2 heterocycles. The Labute approximate surface area is 172 Å². The number of nitrogens with one attached hydrogen (secondary N) is 1. The number of halogens is 1. The van der Waals surface area contributed by atoms with Crippen LogP contribution < -0.4 is 10.2 Å². The summed E-state index contributed by atoms with van der Waals surface area (Å²) in [6.45, 7) is 4.37. The Kier molecular flexibility index (Phi) is 6.45. The summed E-state index contributed by atoms with van der Waals surface area (Å²) >= 11 is 0. The molecule has 4 nitrogen and oxygen atoms in total. The van der Waals surface area contributed by atoms with Crippen LogP contribution in [0.3, 0.4) is 0 Å². The van der Waals surface area contributed by atoms with Gasteiger partial charge in [-0.2, -0.15) is 0 Å². The second-order valence-electron chi connectivity index (χ2n) is 8.27. The van der Waals surface area contributed by atoms with Crippen LogP contribution in [0.2, 0.25) is 0 Å². The summed E-state index contributed by atoms with van der Waals surface area (Å²) in [6, 6.07) is 15.0. The number of likely N-dealkylation sites (tertiary alicyclic amines) is 1. The van der Waals surface area contributed by atoms with Gasteiger partial charge in [0.1, 0.15) is 5.82 Å². The molecule has 0 aliphatic carbocycles. The third kappa shape index (κ3) is 5.36. The average molecular weight is 396 g/mol. The fourth-order valence-electron chi connectivity index (χ4n) is 4.47. The first kappa shape index (κ1) is 19.9. The third-order valence-electron chi connectivity index (χ3n) is 6.10. The Morgan fingerprint density at radius 1 is 0.931 bits per heavy atom. The predicted octanol–water partition coefficient (Wildman–Crippen LogP) is 4.63. The van der Waals surface area contributed by atoms with E-state index >= 15 is 0 Å². The Balaban J connectivity index is 1.27. The van der Waals surface area contributed by atoms with Crippen molar-refractivity contribution in [2.75, 3.05) is 42.9 Å². The van der Waals surface area contributed by atoms with Crippen LogP contribution in [-0.4, -0.2) is 43.5 Å². The predicted molar refractivity (Wildman–Crippen MR) is 116 cm³/mol. The molecule has 0 aromatic heterocycles. The van der Waals surface area contributed by atoms with Crippen LogP contribution in [0.1, 0.15) is 43.6 Å². The van der Waals surface area contributed by atoms with Crippen LogP contribution in [0.4, 0.5) is 15.8 Å². The summed E-state index contributed by atoms with van der Waals surface area (Å²) in [6.07, 6.45) is 6.16. The minimum absolute atomic E-state index is 0.0206. The summed E-state index contributed by atoms with van der Waals surface area (Å²) in [4.78, 5) is 17.1. The van der Waals surface area contributed by atoms with Gasteiger partial charge in [-0.3, -0.25) is 9.69 Å². The number of anilines is 2. The lowest BCUT2D eigenvalue weighted by Gasteiger charge is -2.23. The molecule has 0 spiro atoms. The summed E-state index contributed by atoms with van der Waals surface area (Å²) in [5, 5.41) is 3.02. The molecule has 4 rings (SSSR count). The molecule has 0 bridgehead atoms. The van der Waals surface area contributed by atoms with Crippen molar-refractivity contribution in [2.24, 2.45) is 0 Å². The molecule has 2 aromatic carbocycles.